The van der Waals surface area contributed by atoms with Gasteiger partial charge in [-0.15, -0.1) is 0 Å². The van der Waals surface area contributed by atoms with Crippen LogP contribution in [0.2, 0.25) is 0 Å². The van der Waals surface area contributed by atoms with Crippen molar-refractivity contribution in [1.29, 1.82) is 0 Å². The van der Waals surface area contributed by atoms with Crippen LogP contribution in [-0.2, 0) is 6.54 Å². The number of aryl methyl sites for hydroxylation is 1. The minimum absolute atomic E-state index is 0.00198. The van der Waals surface area contributed by atoms with Gasteiger partial charge in [0.15, 0.2) is 5.78 Å². The number of rotatable bonds is 4. The lowest BCUT2D eigenvalue weighted by Gasteiger charge is -2.09. The third kappa shape index (κ3) is 3.00. The van der Waals surface area contributed by atoms with Crippen molar-refractivity contribution in [2.24, 2.45) is 5.73 Å². The third-order valence-corrected chi connectivity index (χ3v) is 3.31. The molecule has 0 unspecified atom stereocenters. The van der Waals surface area contributed by atoms with Gasteiger partial charge in [0.25, 0.3) is 0 Å². The van der Waals surface area contributed by atoms with Crippen molar-refractivity contribution in [2.45, 2.75) is 20.4 Å². The van der Waals surface area contributed by atoms with Crippen LogP contribution in [0.3, 0.4) is 0 Å². The molecular formula is C17H18N2O. The molecule has 102 valence electrons. The van der Waals surface area contributed by atoms with E-state index in [0.29, 0.717) is 12.1 Å². The van der Waals surface area contributed by atoms with E-state index in [2.05, 4.69) is 4.98 Å². The summed E-state index contributed by atoms with van der Waals surface area (Å²) >= 11 is 0. The van der Waals surface area contributed by atoms with Crippen LogP contribution in [0.15, 0.2) is 48.8 Å². The van der Waals surface area contributed by atoms with Crippen molar-refractivity contribution in [3.63, 3.8) is 0 Å². The van der Waals surface area contributed by atoms with Crippen molar-refractivity contribution in [3.05, 3.63) is 71.1 Å². The quantitative estimate of drug-likeness (QED) is 0.683. The summed E-state index contributed by atoms with van der Waals surface area (Å²) in [6.07, 6.45) is 5.10. The molecule has 0 bridgehead atoms. The standard InChI is InChI=1S/C17H18N2O/c1-12-4-3-5-15(11-18)17(12)16(20)10-13(2)14-6-8-19-9-7-14/h3-10H,11,18H2,1-2H3/b13-10+. The van der Waals surface area contributed by atoms with Gasteiger partial charge in [-0.2, -0.15) is 0 Å². The highest BCUT2D eigenvalue weighted by Gasteiger charge is 2.11. The molecule has 0 fully saturated rings. The van der Waals surface area contributed by atoms with E-state index in [1.165, 1.54) is 0 Å². The molecule has 0 aliphatic rings. The molecule has 0 amide bonds. The Morgan fingerprint density at radius 2 is 1.95 bits per heavy atom. The van der Waals surface area contributed by atoms with Crippen LogP contribution in [-0.4, -0.2) is 10.8 Å². The van der Waals surface area contributed by atoms with Gasteiger partial charge < -0.3 is 5.73 Å². The Bertz CT molecular complexity index is 645. The van der Waals surface area contributed by atoms with Crippen molar-refractivity contribution in [3.8, 4) is 0 Å². The van der Waals surface area contributed by atoms with Crippen LogP contribution in [0.5, 0.6) is 0 Å². The Morgan fingerprint density at radius 1 is 1.25 bits per heavy atom. The van der Waals surface area contributed by atoms with E-state index in [-0.39, 0.29) is 5.78 Å². The molecule has 0 radical (unpaired) electrons. The highest BCUT2D eigenvalue weighted by atomic mass is 16.1. The first-order chi connectivity index (χ1) is 9.63. The predicted molar refractivity (Wildman–Crippen MR) is 81.3 cm³/mol. The van der Waals surface area contributed by atoms with E-state index >= 15 is 0 Å². The summed E-state index contributed by atoms with van der Waals surface area (Å²) in [6, 6.07) is 9.53. The molecule has 0 aliphatic carbocycles. The van der Waals surface area contributed by atoms with Crippen molar-refractivity contribution in [1.82, 2.24) is 4.98 Å². The van der Waals surface area contributed by atoms with Gasteiger partial charge in [-0.3, -0.25) is 9.78 Å². The normalized spacial score (nSPS) is 11.4. The summed E-state index contributed by atoms with van der Waals surface area (Å²) in [4.78, 5) is 16.5. The van der Waals surface area contributed by atoms with Crippen LogP contribution in [0, 0.1) is 6.92 Å². The van der Waals surface area contributed by atoms with Gasteiger partial charge in [0.2, 0.25) is 0 Å². The molecular weight excluding hydrogens is 248 g/mol. The minimum Gasteiger partial charge on any atom is -0.326 e. The zero-order valence-corrected chi connectivity index (χ0v) is 11.8. The summed E-state index contributed by atoms with van der Waals surface area (Å²) in [7, 11) is 0. The SMILES string of the molecule is C/C(=C\C(=O)c1c(C)cccc1CN)c1ccncc1. The Balaban J connectivity index is 2.38. The number of carbonyl (C=O) groups is 1. The van der Waals surface area contributed by atoms with Gasteiger partial charge in [-0.1, -0.05) is 18.2 Å². The number of hydrogen-bond donors (Lipinski definition) is 1. The first-order valence-corrected chi connectivity index (χ1v) is 6.55. The van der Waals surface area contributed by atoms with E-state index in [4.69, 9.17) is 5.73 Å². The maximum atomic E-state index is 12.5. The van der Waals surface area contributed by atoms with Gasteiger partial charge in [-0.25, -0.2) is 0 Å². The number of aromatic nitrogens is 1. The highest BCUT2D eigenvalue weighted by molar-refractivity contribution is 6.10. The molecule has 2 N–H and O–H groups in total. The number of nitrogens with two attached hydrogens (primary N) is 1. The number of ketones is 1. The second-order valence-corrected chi connectivity index (χ2v) is 4.74. The molecule has 1 aromatic carbocycles. The Morgan fingerprint density at radius 3 is 2.60 bits per heavy atom. The molecule has 1 aromatic heterocycles. The van der Waals surface area contributed by atoms with E-state index in [1.54, 1.807) is 18.5 Å². The van der Waals surface area contributed by atoms with Gasteiger partial charge >= 0.3 is 0 Å². The zero-order chi connectivity index (χ0) is 14.5. The van der Waals surface area contributed by atoms with Gasteiger partial charge in [-0.05, 0) is 54.3 Å². The molecule has 0 spiro atoms. The minimum atomic E-state index is -0.00198. The molecule has 2 aromatic rings. The largest absolute Gasteiger partial charge is 0.326 e. The molecule has 0 aliphatic heterocycles. The smallest absolute Gasteiger partial charge is 0.186 e. The molecule has 1 heterocycles. The van der Waals surface area contributed by atoms with Crippen molar-refractivity contribution < 1.29 is 4.79 Å². The van der Waals surface area contributed by atoms with Crippen molar-refractivity contribution in [2.75, 3.05) is 0 Å². The number of nitrogens with zero attached hydrogens (tertiary/aromatic N) is 1. The number of hydrogen-bond acceptors (Lipinski definition) is 3. The first-order valence-electron chi connectivity index (χ1n) is 6.55. The fourth-order valence-electron chi connectivity index (χ4n) is 2.22. The maximum absolute atomic E-state index is 12.5. The van der Waals surface area contributed by atoms with E-state index < -0.39 is 0 Å². The average Bonchev–Trinajstić information content (AvgIpc) is 2.47. The van der Waals surface area contributed by atoms with Crippen LogP contribution in [0.4, 0.5) is 0 Å². The predicted octanol–water partition coefficient (Wildman–Crippen LogP) is 3.13. The Hall–Kier alpha value is -2.26. The van der Waals surface area contributed by atoms with Crippen LogP contribution >= 0.6 is 0 Å². The molecule has 3 nitrogen and oxygen atoms in total. The lowest BCUT2D eigenvalue weighted by Crippen LogP contribution is -2.08. The Labute approximate surface area is 119 Å². The van der Waals surface area contributed by atoms with Crippen LogP contribution in [0.1, 0.15) is 34.0 Å². The summed E-state index contributed by atoms with van der Waals surface area (Å²) in [5.74, 6) is -0.00198. The number of allylic oxidation sites excluding steroid dienone is 2. The van der Waals surface area contributed by atoms with Gasteiger partial charge in [0.1, 0.15) is 0 Å². The summed E-state index contributed by atoms with van der Waals surface area (Å²) in [6.45, 7) is 4.22. The van der Waals surface area contributed by atoms with Crippen LogP contribution in [0.25, 0.3) is 5.57 Å². The summed E-state index contributed by atoms with van der Waals surface area (Å²) in [5.41, 5.74) is 10.2. The third-order valence-electron chi connectivity index (χ3n) is 3.31. The van der Waals surface area contributed by atoms with Crippen molar-refractivity contribution >= 4 is 11.4 Å². The average molecular weight is 266 g/mol. The Kier molecular flexibility index (Phi) is 4.43. The molecule has 0 saturated heterocycles. The first kappa shape index (κ1) is 14.2. The number of benzene rings is 1. The fraction of sp³-hybridized carbons (Fsp3) is 0.176. The van der Waals surface area contributed by atoms with Crippen LogP contribution < -0.4 is 5.73 Å². The second kappa shape index (κ2) is 6.26. The topological polar surface area (TPSA) is 56.0 Å². The molecule has 0 saturated carbocycles. The molecule has 20 heavy (non-hydrogen) atoms. The highest BCUT2D eigenvalue weighted by Crippen LogP contribution is 2.18. The van der Waals surface area contributed by atoms with E-state index in [0.717, 1.165) is 22.3 Å². The zero-order valence-electron chi connectivity index (χ0n) is 11.8. The number of carbonyl (C=O) groups excluding carboxylic acids is 1. The second-order valence-electron chi connectivity index (χ2n) is 4.74. The molecule has 0 atom stereocenters. The summed E-state index contributed by atoms with van der Waals surface area (Å²) < 4.78 is 0. The molecule has 2 rings (SSSR count). The lowest BCUT2D eigenvalue weighted by atomic mass is 9.96. The monoisotopic (exact) mass is 266 g/mol. The fourth-order valence-corrected chi connectivity index (χ4v) is 2.22. The number of pyridine rings is 1. The van der Waals surface area contributed by atoms with Gasteiger partial charge in [0.05, 0.1) is 0 Å². The van der Waals surface area contributed by atoms with Gasteiger partial charge in [0, 0.05) is 24.5 Å². The maximum Gasteiger partial charge on any atom is 0.186 e. The lowest BCUT2D eigenvalue weighted by molar-refractivity contribution is 0.104. The van der Waals surface area contributed by atoms with E-state index in [9.17, 15) is 4.79 Å². The molecule has 3 heteroatoms. The van der Waals surface area contributed by atoms with E-state index in [1.807, 2.05) is 44.2 Å². The summed E-state index contributed by atoms with van der Waals surface area (Å²) in [5, 5.41) is 0.